The number of imide groups is 1. The van der Waals surface area contributed by atoms with Gasteiger partial charge in [-0.1, -0.05) is 59.5 Å². The first-order valence-electron chi connectivity index (χ1n) is 14.3. The number of rotatable bonds is 8. The maximum absolute atomic E-state index is 14.0. The highest BCUT2D eigenvalue weighted by Crippen LogP contribution is 2.53. The molecule has 1 fully saturated rings. The predicted molar refractivity (Wildman–Crippen MR) is 177 cm³/mol. The molecule has 2 aliphatic heterocycles. The van der Waals surface area contributed by atoms with Gasteiger partial charge >= 0.3 is 4.87 Å². The van der Waals surface area contributed by atoms with Gasteiger partial charge in [-0.15, -0.1) is 0 Å². The van der Waals surface area contributed by atoms with Gasteiger partial charge in [-0.3, -0.25) is 29.3 Å². The van der Waals surface area contributed by atoms with Crippen molar-refractivity contribution in [2.24, 2.45) is 5.92 Å². The lowest BCUT2D eigenvalue weighted by Gasteiger charge is -2.30. The molecule has 7 rings (SSSR count). The van der Waals surface area contributed by atoms with Crippen LogP contribution in [0.2, 0.25) is 0 Å². The number of nitro benzene ring substituents is 1. The smallest absolute Gasteiger partial charge is 0.305 e. The van der Waals surface area contributed by atoms with Crippen molar-refractivity contribution in [3.05, 3.63) is 115 Å². The number of carbonyl (C=O) groups is 3. The van der Waals surface area contributed by atoms with Gasteiger partial charge in [0.1, 0.15) is 5.25 Å². The van der Waals surface area contributed by atoms with Crippen molar-refractivity contribution >= 4 is 68.7 Å². The lowest BCUT2D eigenvalue weighted by molar-refractivity contribution is -0.384. The third-order valence-electron chi connectivity index (χ3n) is 8.08. The molecule has 1 aromatic heterocycles. The number of anilines is 2. The Bertz CT molecular complexity index is 2140. The molecule has 2 aliphatic rings. The molecule has 14 heteroatoms. The van der Waals surface area contributed by atoms with Crippen LogP contribution in [-0.4, -0.2) is 46.6 Å². The van der Waals surface area contributed by atoms with E-state index in [-0.39, 0.29) is 34.5 Å². The Balaban J connectivity index is 1.15. The predicted octanol–water partition coefficient (Wildman–Crippen LogP) is 5.32. The second kappa shape index (κ2) is 12.0. The largest absolute Gasteiger partial charge is 0.493 e. The maximum Gasteiger partial charge on any atom is 0.305 e. The summed E-state index contributed by atoms with van der Waals surface area (Å²) < 4.78 is 11.4. The van der Waals surface area contributed by atoms with Crippen LogP contribution in [0.4, 0.5) is 17.1 Å². The molecule has 4 aromatic carbocycles. The van der Waals surface area contributed by atoms with E-state index in [4.69, 9.17) is 9.47 Å². The molecule has 3 heterocycles. The third kappa shape index (κ3) is 5.51. The van der Waals surface area contributed by atoms with Crippen LogP contribution in [-0.2, 0) is 14.4 Å². The number of nitrogens with zero attached hydrogens (tertiary/aromatic N) is 2. The molecule has 3 amide bonds. The number of carbonyl (C=O) groups excluding carboxylic acids is 3. The number of methoxy groups -OCH3 is 1. The Morgan fingerprint density at radius 1 is 0.957 bits per heavy atom. The molecule has 0 saturated carbocycles. The van der Waals surface area contributed by atoms with Crippen molar-refractivity contribution in [3.8, 4) is 11.5 Å². The van der Waals surface area contributed by atoms with E-state index in [0.29, 0.717) is 26.9 Å². The molecule has 0 bridgehead atoms. The fraction of sp³-hybridized carbons (Fsp3) is 0.152. The van der Waals surface area contributed by atoms with Gasteiger partial charge in [0.05, 0.1) is 28.7 Å². The molecule has 2 N–H and O–H groups in total. The van der Waals surface area contributed by atoms with Crippen LogP contribution in [0.3, 0.4) is 0 Å². The zero-order valence-corrected chi connectivity index (χ0v) is 26.1. The SMILES string of the molecule is COc1cc(C2c3sc(=O)[nH]c3SC3C(=O)N(c4ccc([N+](=O)[O-])cc4)C(=O)C32)ccc1OCC(=O)Nc1ccc2ccccc2c1. The first kappa shape index (κ1) is 30.2. The standard InChI is InChI=1S/C33H24N4O8S2/c1-44-24-15-19(7-13-23(24)45-16-25(38)34-20-8-6-17-4-2-3-5-18(17)14-20)26-27-29(46-30-28(26)47-33(41)35-30)32(40)36(31(27)39)21-9-11-22(12-10-21)37(42)43/h2-15,26-27,29H,16H2,1H3,(H,34,38)(H,35,41). The van der Waals surface area contributed by atoms with Crippen LogP contribution in [0, 0.1) is 16.0 Å². The van der Waals surface area contributed by atoms with Gasteiger partial charge in [-0.25, -0.2) is 4.90 Å². The van der Waals surface area contributed by atoms with E-state index in [0.717, 1.165) is 38.8 Å². The number of aromatic amines is 1. The lowest BCUT2D eigenvalue weighted by Crippen LogP contribution is -2.32. The Hall–Kier alpha value is -5.47. The fourth-order valence-electron chi connectivity index (χ4n) is 5.96. The minimum atomic E-state index is -0.870. The van der Waals surface area contributed by atoms with Gasteiger partial charge in [0.2, 0.25) is 11.8 Å². The summed E-state index contributed by atoms with van der Waals surface area (Å²) in [6.45, 7) is -0.298. The summed E-state index contributed by atoms with van der Waals surface area (Å²) in [4.78, 5) is 67.5. The van der Waals surface area contributed by atoms with Crippen LogP contribution in [0.15, 0.2) is 94.7 Å². The Kier molecular flexibility index (Phi) is 7.74. The van der Waals surface area contributed by atoms with Crippen LogP contribution < -0.4 is 24.6 Å². The molecule has 0 spiro atoms. The number of H-pyrrole nitrogens is 1. The Morgan fingerprint density at radius 3 is 2.47 bits per heavy atom. The average Bonchev–Trinajstić information content (AvgIpc) is 3.57. The van der Waals surface area contributed by atoms with Gasteiger partial charge in [-0.2, -0.15) is 0 Å². The summed E-state index contributed by atoms with van der Waals surface area (Å²) in [5.74, 6) is -2.31. The van der Waals surface area contributed by atoms with E-state index in [1.807, 2.05) is 42.5 Å². The summed E-state index contributed by atoms with van der Waals surface area (Å²) in [7, 11) is 1.45. The minimum Gasteiger partial charge on any atom is -0.493 e. The Morgan fingerprint density at radius 2 is 1.72 bits per heavy atom. The molecule has 3 atom stereocenters. The van der Waals surface area contributed by atoms with Gasteiger partial charge < -0.3 is 19.8 Å². The van der Waals surface area contributed by atoms with Crippen molar-refractivity contribution in [1.29, 1.82) is 0 Å². The number of aromatic nitrogens is 1. The highest BCUT2D eigenvalue weighted by atomic mass is 32.2. The highest BCUT2D eigenvalue weighted by Gasteiger charge is 2.56. The number of benzene rings is 4. The first-order valence-corrected chi connectivity index (χ1v) is 16.0. The second-order valence-corrected chi connectivity index (χ2v) is 13.0. The third-order valence-corrected chi connectivity index (χ3v) is 10.5. The molecular weight excluding hydrogens is 645 g/mol. The number of hydrogen-bond donors (Lipinski definition) is 2. The number of ether oxygens (including phenoxy) is 2. The number of non-ortho nitro benzene ring substituents is 1. The topological polar surface area (TPSA) is 161 Å². The summed E-state index contributed by atoms with van der Waals surface area (Å²) in [6, 6.07) is 23.6. The number of amides is 3. The van der Waals surface area contributed by atoms with Crippen molar-refractivity contribution in [2.45, 2.75) is 16.2 Å². The van der Waals surface area contributed by atoms with Crippen LogP contribution in [0.5, 0.6) is 11.5 Å². The fourth-order valence-corrected chi connectivity index (χ4v) is 8.47. The maximum atomic E-state index is 14.0. The second-order valence-electron chi connectivity index (χ2n) is 10.8. The molecule has 0 radical (unpaired) electrons. The molecule has 3 unspecified atom stereocenters. The van der Waals surface area contributed by atoms with Crippen LogP contribution in [0.25, 0.3) is 10.8 Å². The number of thioether (sulfide) groups is 1. The van der Waals surface area contributed by atoms with E-state index in [1.54, 1.807) is 18.2 Å². The minimum absolute atomic E-state index is 0.169. The molecule has 5 aromatic rings. The number of thiazole rings is 1. The van der Waals surface area contributed by atoms with E-state index in [2.05, 4.69) is 10.3 Å². The molecule has 12 nitrogen and oxygen atoms in total. The first-order chi connectivity index (χ1) is 22.7. The van der Waals surface area contributed by atoms with Gasteiger partial charge in [-0.05, 0) is 52.7 Å². The van der Waals surface area contributed by atoms with Crippen molar-refractivity contribution in [2.75, 3.05) is 23.9 Å². The zero-order chi connectivity index (χ0) is 32.8. The zero-order valence-electron chi connectivity index (χ0n) is 24.5. The van der Waals surface area contributed by atoms with Crippen LogP contribution in [0.1, 0.15) is 16.4 Å². The van der Waals surface area contributed by atoms with Crippen LogP contribution >= 0.6 is 23.1 Å². The molecule has 0 aliphatic carbocycles. The molecule has 47 heavy (non-hydrogen) atoms. The van der Waals surface area contributed by atoms with E-state index < -0.39 is 33.8 Å². The van der Waals surface area contributed by atoms with Gasteiger partial charge in [0.15, 0.2) is 18.1 Å². The summed E-state index contributed by atoms with van der Waals surface area (Å²) in [5.41, 5.74) is 1.29. The van der Waals surface area contributed by atoms with E-state index >= 15 is 0 Å². The quantitative estimate of drug-likeness (QED) is 0.127. The normalized spacial score (nSPS) is 18.5. The summed E-state index contributed by atoms with van der Waals surface area (Å²) >= 11 is 2.09. The van der Waals surface area contributed by atoms with Crippen molar-refractivity contribution in [3.63, 3.8) is 0 Å². The molecular formula is C33H24N4O8S2. The van der Waals surface area contributed by atoms with Gasteiger partial charge in [0.25, 0.3) is 11.6 Å². The van der Waals surface area contributed by atoms with Gasteiger partial charge in [0, 0.05) is 28.6 Å². The van der Waals surface area contributed by atoms with E-state index in [1.165, 1.54) is 31.4 Å². The summed E-state index contributed by atoms with van der Waals surface area (Å²) in [6.07, 6.45) is 0. The van der Waals surface area contributed by atoms with Crippen molar-refractivity contribution in [1.82, 2.24) is 4.98 Å². The lowest BCUT2D eigenvalue weighted by atomic mass is 9.83. The summed E-state index contributed by atoms with van der Waals surface area (Å²) in [5, 5.41) is 15.7. The average molecular weight is 669 g/mol. The Labute approximate surface area is 274 Å². The van der Waals surface area contributed by atoms with E-state index in [9.17, 15) is 29.3 Å². The highest BCUT2D eigenvalue weighted by molar-refractivity contribution is 8.00. The van der Waals surface area contributed by atoms with Crippen molar-refractivity contribution < 1.29 is 28.8 Å². The molecule has 1 saturated heterocycles. The number of hydrogen-bond acceptors (Lipinski definition) is 10. The molecule has 236 valence electrons. The number of fused-ring (bicyclic) bond motifs is 3. The monoisotopic (exact) mass is 668 g/mol. The number of nitro groups is 1. The number of nitrogens with one attached hydrogen (secondary N) is 2.